The van der Waals surface area contributed by atoms with Crippen molar-refractivity contribution in [3.8, 4) is 73.3 Å². The zero-order valence-corrected chi connectivity index (χ0v) is 65.3. The predicted molar refractivity (Wildman–Crippen MR) is 442 cm³/mol. The number of hydrogen-bond acceptors (Lipinski definition) is 7. The Morgan fingerprint density at radius 1 is 0.299 bits per heavy atom. The van der Waals surface area contributed by atoms with Gasteiger partial charge < -0.3 is 4.74 Å². The van der Waals surface area contributed by atoms with E-state index in [9.17, 15) is 37.5 Å². The third-order valence-corrected chi connectivity index (χ3v) is 21.9. The van der Waals surface area contributed by atoms with Gasteiger partial charge in [0.25, 0.3) is 0 Å². The molecule has 12 heterocycles. The number of halogens is 2. The molecule has 0 fully saturated rings. The highest BCUT2D eigenvalue weighted by Crippen LogP contribution is 2.35. The van der Waals surface area contributed by atoms with E-state index < -0.39 is 11.6 Å². The largest absolute Gasteiger partial charge is 0.497 e. The van der Waals surface area contributed by atoms with Crippen molar-refractivity contribution in [1.29, 1.82) is 0 Å². The number of ketones is 6. The molecule has 570 valence electrons. The van der Waals surface area contributed by atoms with Crippen molar-refractivity contribution in [2.24, 2.45) is 5.92 Å². The number of pyridine rings is 6. The summed E-state index contributed by atoms with van der Waals surface area (Å²) in [6.45, 7) is 11.6. The molecule has 13 nitrogen and oxygen atoms in total. The molecule has 9 aromatic carbocycles. The summed E-state index contributed by atoms with van der Waals surface area (Å²) < 4.78 is 45.3. The van der Waals surface area contributed by atoms with E-state index in [1.165, 1.54) is 84.5 Å². The van der Waals surface area contributed by atoms with Crippen molar-refractivity contribution in [1.82, 2.24) is 0 Å². The fourth-order valence-electron chi connectivity index (χ4n) is 15.9. The number of hydrogen-bond donors (Lipinski definition) is 0. The maximum absolute atomic E-state index is 14.0. The average molecular weight is 1540 g/mol. The fourth-order valence-corrected chi connectivity index (χ4v) is 15.9. The minimum atomic E-state index is -0.588. The first-order valence-corrected chi connectivity index (χ1v) is 38.9. The predicted octanol–water partition coefficient (Wildman–Crippen LogP) is 17.2. The number of fused-ring (bicyclic) bond motifs is 18. The lowest BCUT2D eigenvalue weighted by molar-refractivity contribution is -0.672. The van der Waals surface area contributed by atoms with Gasteiger partial charge in [0, 0.05) is 122 Å². The lowest BCUT2D eigenvalue weighted by Gasteiger charge is -2.02. The summed E-state index contributed by atoms with van der Waals surface area (Å²) in [4.78, 5) is 72.2. The van der Waals surface area contributed by atoms with Crippen LogP contribution in [0.1, 0.15) is 140 Å². The second-order valence-corrected chi connectivity index (χ2v) is 29.9. The number of benzene rings is 9. The normalized spacial score (nSPS) is 12.0. The fraction of sp³-hybridized carbons (Fsp3) is 0.118. The van der Waals surface area contributed by atoms with E-state index in [0.29, 0.717) is 45.6 Å². The van der Waals surface area contributed by atoms with Gasteiger partial charge in [-0.2, -0.15) is 27.4 Å². The maximum atomic E-state index is 14.0. The minimum absolute atomic E-state index is 0.0485. The number of rotatable bonds is 11. The maximum Gasteiger partial charge on any atom is 0.216 e. The van der Waals surface area contributed by atoms with E-state index in [1.54, 1.807) is 56.0 Å². The van der Waals surface area contributed by atoms with Gasteiger partial charge in [-0.3, -0.25) is 28.8 Å². The van der Waals surface area contributed by atoms with Crippen LogP contribution in [0.2, 0.25) is 0 Å². The number of Topliss-reactive ketones (excluding diaryl/α,β-unsaturated/α-hetero) is 3. The Labute approximate surface area is 677 Å². The molecule has 0 bridgehead atoms. The highest BCUT2D eigenvalue weighted by atomic mass is 19.1. The summed E-state index contributed by atoms with van der Waals surface area (Å²) in [5, 5.41) is 0. The van der Waals surface area contributed by atoms with Crippen molar-refractivity contribution in [2.75, 3.05) is 7.11 Å². The summed E-state index contributed by atoms with van der Waals surface area (Å²) in [6, 6.07) is 92.5. The molecule has 6 aromatic heterocycles. The van der Waals surface area contributed by atoms with Gasteiger partial charge in [0.1, 0.15) is 17.4 Å². The molecule has 0 N–H and O–H groups in total. The first kappa shape index (κ1) is 76.5. The van der Waals surface area contributed by atoms with Crippen LogP contribution in [0.5, 0.6) is 5.75 Å². The molecule has 0 aliphatic carbocycles. The standard InChI is InChI=1S/C20H16NO2.C19H12F2NO.C19H14NO.C16H16NO.2C14H12NO/c1-23-17-8-9-18-16(11-17)13-21-12-15(7-10-19(18)21)20(22)14-5-3-2-4-6-14;20-15-8-14-11-22-10-13(19(23)12-4-2-1-3-5-12)6-7-17(22)18(14)16(21)9-15;21-19(14-6-2-1-3-7-14)15-9-10-17-16(12-15)13-20-11-5-4-8-18(17)20;1-11(2)16(18)13-7-8-15-14-6-4-3-5-12(14)9-17(15)10-13;1-10(16)11-5-6-13-12(8-11)9-15-7-3-2-4-14(13)15;1-10(16)11-6-7-14-13-5-3-2-4-12(13)9-15(14)8-11/h2-12H,13H2,1H3;1-10H,11H2;1-12H,13H2;3-8,10-11H,9H2,1-2H3;2*2-8H,9H2,1H3/q6*+1. The Bertz CT molecular complexity index is 6380. The number of carbonyl (C=O) groups excluding carboxylic acids is 6. The van der Waals surface area contributed by atoms with Crippen LogP contribution in [-0.4, -0.2) is 41.8 Å². The topological polar surface area (TPSA) is 135 Å². The molecule has 21 rings (SSSR count). The lowest BCUT2D eigenvalue weighted by atomic mass is 9.98. The average Bonchev–Trinajstić information content (AvgIpc) is 1.79. The highest BCUT2D eigenvalue weighted by molar-refractivity contribution is 6.10. The van der Waals surface area contributed by atoms with Crippen LogP contribution in [0.3, 0.4) is 0 Å². The van der Waals surface area contributed by atoms with Crippen LogP contribution in [0.4, 0.5) is 8.78 Å². The Morgan fingerprint density at radius 2 is 0.650 bits per heavy atom. The molecule has 0 unspecified atom stereocenters. The van der Waals surface area contributed by atoms with Crippen molar-refractivity contribution in [2.45, 2.75) is 67.0 Å². The van der Waals surface area contributed by atoms with Crippen LogP contribution in [0.25, 0.3) is 67.5 Å². The number of carbonyl (C=O) groups is 6. The molecular formula is C102H82F2N6O7+6. The Balaban J connectivity index is 0.000000106. The second kappa shape index (κ2) is 33.3. The summed E-state index contributed by atoms with van der Waals surface area (Å²) >= 11 is 0. The van der Waals surface area contributed by atoms with Gasteiger partial charge >= 0.3 is 0 Å². The van der Waals surface area contributed by atoms with Gasteiger partial charge in [-0.1, -0.05) is 153 Å². The van der Waals surface area contributed by atoms with Crippen molar-refractivity contribution in [3.63, 3.8) is 0 Å². The first-order chi connectivity index (χ1) is 56.9. The molecule has 0 spiro atoms. The lowest BCUT2D eigenvalue weighted by Crippen LogP contribution is -2.33. The number of ether oxygens (including phenoxy) is 1. The van der Waals surface area contributed by atoms with Gasteiger partial charge in [0.05, 0.1) is 62.7 Å². The Kier molecular flexibility index (Phi) is 21.8. The molecule has 15 aromatic rings. The zero-order chi connectivity index (χ0) is 81.0. The number of aromatic nitrogens is 6. The van der Waals surface area contributed by atoms with Crippen molar-refractivity contribution < 1.29 is 69.7 Å². The van der Waals surface area contributed by atoms with Crippen LogP contribution in [0.15, 0.2) is 328 Å². The van der Waals surface area contributed by atoms with Gasteiger partial charge in [-0.25, -0.2) is 8.78 Å². The smallest absolute Gasteiger partial charge is 0.216 e. The summed E-state index contributed by atoms with van der Waals surface area (Å²) in [6.07, 6.45) is 11.7. The monoisotopic (exact) mass is 1540 g/mol. The molecule has 0 radical (unpaired) electrons. The van der Waals surface area contributed by atoms with Crippen LogP contribution in [-0.2, 0) is 39.3 Å². The molecule has 117 heavy (non-hydrogen) atoms. The second-order valence-electron chi connectivity index (χ2n) is 29.9. The van der Waals surface area contributed by atoms with Gasteiger partial charge in [-0.05, 0) is 111 Å². The van der Waals surface area contributed by atoms with Gasteiger partial charge in [-0.15, -0.1) is 0 Å². The molecule has 0 atom stereocenters. The van der Waals surface area contributed by atoms with Crippen LogP contribution in [0, 0.1) is 17.6 Å². The molecule has 0 saturated carbocycles. The quantitative estimate of drug-likeness (QED) is 0.0929. The van der Waals surface area contributed by atoms with Gasteiger partial charge in [0.15, 0.2) is 111 Å². The van der Waals surface area contributed by atoms with E-state index in [0.717, 1.165) is 78.1 Å². The van der Waals surface area contributed by atoms with E-state index >= 15 is 0 Å². The molecule has 6 aliphatic heterocycles. The molecular weight excluding hydrogens is 1460 g/mol. The van der Waals surface area contributed by atoms with Crippen molar-refractivity contribution >= 4 is 34.7 Å². The summed E-state index contributed by atoms with van der Waals surface area (Å²) in [5.41, 5.74) is 26.6. The summed E-state index contributed by atoms with van der Waals surface area (Å²) in [5.74, 6) is 0.238. The molecule has 0 saturated heterocycles. The van der Waals surface area contributed by atoms with E-state index in [1.807, 2.05) is 208 Å². The Morgan fingerprint density at radius 3 is 1.15 bits per heavy atom. The van der Waals surface area contributed by atoms with Crippen LogP contribution < -0.4 is 32.1 Å². The molecule has 6 aliphatic rings. The third kappa shape index (κ3) is 16.0. The molecule has 15 heteroatoms. The third-order valence-electron chi connectivity index (χ3n) is 21.9. The highest BCUT2D eigenvalue weighted by Gasteiger charge is 2.34. The minimum Gasteiger partial charge on any atom is -0.497 e. The first-order valence-electron chi connectivity index (χ1n) is 38.9. The SMILES string of the molecule is CC(=O)c1ccc2[n+](c1)Cc1ccccc1-2.CC(=O)c1ccc2c(c1)C[n+]1ccccc1-2.CC(C)C(=O)c1ccc2[n+](c1)Cc1ccccc1-2.COc1ccc2c(c1)C[n+]1cc(C(=O)c3ccccc3)ccc1-2.O=C(c1ccccc1)c1ccc2[n+](c1)Cc1cc(F)cc(F)c1-2.O=C(c1ccccc1)c1ccc2c(c1)C[n+]1ccccc1-2. The van der Waals surface area contributed by atoms with E-state index in [2.05, 4.69) is 114 Å². The van der Waals surface area contributed by atoms with Gasteiger partial charge in [0.2, 0.25) is 34.2 Å². The van der Waals surface area contributed by atoms with Crippen molar-refractivity contribution in [3.05, 3.63) is 423 Å². The van der Waals surface area contributed by atoms with E-state index in [4.69, 9.17) is 4.74 Å². The number of nitrogens with zero attached hydrogens (tertiary/aromatic N) is 6. The van der Waals surface area contributed by atoms with E-state index in [-0.39, 0.29) is 40.6 Å². The number of methoxy groups -OCH3 is 1. The summed E-state index contributed by atoms with van der Waals surface area (Å²) in [7, 11) is 1.67. The molecule has 0 amide bonds. The Hall–Kier alpha value is -14.4. The zero-order valence-electron chi connectivity index (χ0n) is 65.3. The van der Waals surface area contributed by atoms with Crippen LogP contribution >= 0.6 is 0 Å².